The summed E-state index contributed by atoms with van der Waals surface area (Å²) in [7, 11) is -3.28. The molecule has 0 aliphatic carbocycles. The van der Waals surface area contributed by atoms with E-state index in [1.54, 1.807) is 19.1 Å². The Morgan fingerprint density at radius 2 is 1.70 bits per heavy atom. The number of aromatic nitrogens is 2. The molecule has 8 heteroatoms. The zero-order valence-electron chi connectivity index (χ0n) is 16.2. The number of anilines is 1. The van der Waals surface area contributed by atoms with Crippen LogP contribution in [0.2, 0.25) is 0 Å². The molecule has 0 saturated carbocycles. The zero-order valence-corrected chi connectivity index (χ0v) is 17.0. The van der Waals surface area contributed by atoms with Crippen molar-refractivity contribution in [1.82, 2.24) is 10.2 Å². The molecule has 3 aromatic carbocycles. The van der Waals surface area contributed by atoms with E-state index in [1.807, 2.05) is 42.5 Å². The highest BCUT2D eigenvalue weighted by atomic mass is 32.2. The molecule has 4 aromatic rings. The summed E-state index contributed by atoms with van der Waals surface area (Å²) in [4.78, 5) is 12.6. The summed E-state index contributed by atoms with van der Waals surface area (Å²) in [6.07, 6.45) is 0.173. The van der Waals surface area contributed by atoms with Crippen LogP contribution < -0.4 is 5.32 Å². The normalized spacial score (nSPS) is 11.5. The lowest BCUT2D eigenvalue weighted by atomic mass is 10.1. The third-order valence-electron chi connectivity index (χ3n) is 4.69. The largest absolute Gasteiger partial charge is 0.403 e. The Kier molecular flexibility index (Phi) is 5.33. The number of fused-ring (bicyclic) bond motifs is 1. The Morgan fingerprint density at radius 1 is 0.967 bits per heavy atom. The minimum Gasteiger partial charge on any atom is -0.403 e. The van der Waals surface area contributed by atoms with Crippen LogP contribution in [-0.4, -0.2) is 30.3 Å². The van der Waals surface area contributed by atoms with Gasteiger partial charge in [-0.3, -0.25) is 10.1 Å². The standard InChI is InChI=1S/C22H19N3O4S/c1-2-30(27,28)19-11-9-17(10-12-19)21-24-25-22(29-21)23-20(26)14-15-7-8-16-5-3-4-6-18(16)13-15/h3-13H,2,14H2,1H3,(H,23,25,26). The maximum absolute atomic E-state index is 12.3. The molecule has 0 atom stereocenters. The van der Waals surface area contributed by atoms with Crippen LogP contribution >= 0.6 is 0 Å². The van der Waals surface area contributed by atoms with Crippen LogP contribution in [0.4, 0.5) is 6.01 Å². The van der Waals surface area contributed by atoms with E-state index in [0.717, 1.165) is 16.3 Å². The summed E-state index contributed by atoms with van der Waals surface area (Å²) >= 11 is 0. The summed E-state index contributed by atoms with van der Waals surface area (Å²) in [5.74, 6) is -0.0540. The van der Waals surface area contributed by atoms with Crippen molar-refractivity contribution in [2.24, 2.45) is 0 Å². The van der Waals surface area contributed by atoms with Gasteiger partial charge in [-0.25, -0.2) is 8.42 Å². The van der Waals surface area contributed by atoms with Crippen molar-refractivity contribution in [3.8, 4) is 11.5 Å². The van der Waals surface area contributed by atoms with Crippen molar-refractivity contribution >= 4 is 32.5 Å². The molecule has 1 heterocycles. The predicted octanol–water partition coefficient (Wildman–Crippen LogP) is 3.86. The number of sulfone groups is 1. The second kappa shape index (κ2) is 8.08. The molecule has 0 spiro atoms. The van der Waals surface area contributed by atoms with Gasteiger partial charge in [0.05, 0.1) is 17.1 Å². The molecule has 0 fully saturated rings. The highest BCUT2D eigenvalue weighted by molar-refractivity contribution is 7.91. The second-order valence-corrected chi connectivity index (χ2v) is 9.02. The number of benzene rings is 3. The number of amides is 1. The summed E-state index contributed by atoms with van der Waals surface area (Å²) in [5, 5.41) is 12.5. The van der Waals surface area contributed by atoms with Gasteiger partial charge in [0.25, 0.3) is 0 Å². The van der Waals surface area contributed by atoms with Crippen LogP contribution in [0, 0.1) is 0 Å². The lowest BCUT2D eigenvalue weighted by Gasteiger charge is -2.03. The Bertz CT molecular complexity index is 1310. The molecule has 0 radical (unpaired) electrons. The van der Waals surface area contributed by atoms with E-state index in [9.17, 15) is 13.2 Å². The third kappa shape index (κ3) is 4.23. The first kappa shape index (κ1) is 19.8. The van der Waals surface area contributed by atoms with Gasteiger partial charge in [0, 0.05) is 5.56 Å². The Hall–Kier alpha value is -3.52. The van der Waals surface area contributed by atoms with Crippen molar-refractivity contribution in [1.29, 1.82) is 0 Å². The van der Waals surface area contributed by atoms with E-state index in [2.05, 4.69) is 15.5 Å². The van der Waals surface area contributed by atoms with Gasteiger partial charge in [0.2, 0.25) is 11.8 Å². The minimum atomic E-state index is -3.28. The Morgan fingerprint density at radius 3 is 2.43 bits per heavy atom. The van der Waals surface area contributed by atoms with E-state index in [1.165, 1.54) is 12.1 Å². The summed E-state index contributed by atoms with van der Waals surface area (Å²) < 4.78 is 29.3. The third-order valence-corrected chi connectivity index (χ3v) is 6.44. The number of carbonyl (C=O) groups is 1. The molecule has 0 unspecified atom stereocenters. The molecule has 0 aliphatic heterocycles. The molecule has 1 amide bonds. The van der Waals surface area contributed by atoms with Crippen molar-refractivity contribution < 1.29 is 17.6 Å². The molecule has 30 heavy (non-hydrogen) atoms. The second-order valence-electron chi connectivity index (χ2n) is 6.75. The minimum absolute atomic E-state index is 0.0129. The molecule has 0 saturated heterocycles. The van der Waals surface area contributed by atoms with E-state index in [4.69, 9.17) is 4.42 Å². The number of carbonyl (C=O) groups excluding carboxylic acids is 1. The summed E-state index contributed by atoms with van der Waals surface area (Å²) in [6, 6.07) is 20.0. The number of nitrogens with one attached hydrogen (secondary N) is 1. The van der Waals surface area contributed by atoms with Crippen LogP contribution in [0.5, 0.6) is 0 Å². The molecule has 1 N–H and O–H groups in total. The lowest BCUT2D eigenvalue weighted by Crippen LogP contribution is -2.14. The molecular weight excluding hydrogens is 402 g/mol. The lowest BCUT2D eigenvalue weighted by molar-refractivity contribution is -0.115. The quantitative estimate of drug-likeness (QED) is 0.507. The summed E-state index contributed by atoms with van der Waals surface area (Å²) in [5.41, 5.74) is 1.44. The zero-order chi connectivity index (χ0) is 21.1. The maximum Gasteiger partial charge on any atom is 0.322 e. The van der Waals surface area contributed by atoms with Gasteiger partial charge in [-0.05, 0) is 40.6 Å². The van der Waals surface area contributed by atoms with Gasteiger partial charge in [-0.15, -0.1) is 5.10 Å². The van der Waals surface area contributed by atoms with Crippen molar-refractivity contribution in [3.63, 3.8) is 0 Å². The number of hydrogen-bond acceptors (Lipinski definition) is 6. The van der Waals surface area contributed by atoms with Gasteiger partial charge in [-0.2, -0.15) is 0 Å². The average molecular weight is 421 g/mol. The smallest absolute Gasteiger partial charge is 0.322 e. The van der Waals surface area contributed by atoms with Gasteiger partial charge in [0.1, 0.15) is 0 Å². The van der Waals surface area contributed by atoms with E-state index in [-0.39, 0.29) is 34.9 Å². The molecule has 4 rings (SSSR count). The molecular formula is C22H19N3O4S. The SMILES string of the molecule is CCS(=O)(=O)c1ccc(-c2nnc(NC(=O)Cc3ccc4ccccc4c3)o2)cc1. The molecule has 7 nitrogen and oxygen atoms in total. The van der Waals surface area contributed by atoms with Crippen LogP contribution in [-0.2, 0) is 21.1 Å². The van der Waals surface area contributed by atoms with Crippen LogP contribution in [0.15, 0.2) is 76.0 Å². The fourth-order valence-electron chi connectivity index (χ4n) is 3.06. The van der Waals surface area contributed by atoms with Crippen molar-refractivity contribution in [3.05, 3.63) is 72.3 Å². The Labute approximate surface area is 173 Å². The van der Waals surface area contributed by atoms with E-state index < -0.39 is 9.84 Å². The fraction of sp³-hybridized carbons (Fsp3) is 0.136. The highest BCUT2D eigenvalue weighted by Crippen LogP contribution is 2.22. The van der Waals surface area contributed by atoms with E-state index >= 15 is 0 Å². The maximum atomic E-state index is 12.3. The first-order valence-electron chi connectivity index (χ1n) is 9.39. The molecule has 152 valence electrons. The average Bonchev–Trinajstić information content (AvgIpc) is 3.22. The van der Waals surface area contributed by atoms with Crippen LogP contribution in [0.3, 0.4) is 0 Å². The molecule has 1 aromatic heterocycles. The predicted molar refractivity (Wildman–Crippen MR) is 114 cm³/mol. The van der Waals surface area contributed by atoms with Gasteiger partial charge in [-0.1, -0.05) is 54.5 Å². The number of nitrogens with zero attached hydrogens (tertiary/aromatic N) is 2. The number of rotatable bonds is 6. The van der Waals surface area contributed by atoms with Gasteiger partial charge >= 0.3 is 6.01 Å². The van der Waals surface area contributed by atoms with Gasteiger partial charge in [0.15, 0.2) is 9.84 Å². The highest BCUT2D eigenvalue weighted by Gasteiger charge is 2.15. The first-order valence-corrected chi connectivity index (χ1v) is 11.0. The topological polar surface area (TPSA) is 102 Å². The van der Waals surface area contributed by atoms with Crippen molar-refractivity contribution in [2.45, 2.75) is 18.2 Å². The molecule has 0 aliphatic rings. The fourth-order valence-corrected chi connectivity index (χ4v) is 3.94. The Balaban J connectivity index is 1.44. The molecule has 0 bridgehead atoms. The van der Waals surface area contributed by atoms with Gasteiger partial charge < -0.3 is 4.42 Å². The monoisotopic (exact) mass is 421 g/mol. The van der Waals surface area contributed by atoms with E-state index in [0.29, 0.717) is 5.56 Å². The van der Waals surface area contributed by atoms with Crippen LogP contribution in [0.1, 0.15) is 12.5 Å². The van der Waals surface area contributed by atoms with Crippen LogP contribution in [0.25, 0.3) is 22.2 Å². The van der Waals surface area contributed by atoms with Crippen molar-refractivity contribution in [2.75, 3.05) is 11.1 Å². The first-order chi connectivity index (χ1) is 14.4. The summed E-state index contributed by atoms with van der Waals surface area (Å²) in [6.45, 7) is 1.59. The number of hydrogen-bond donors (Lipinski definition) is 1.